The minimum absolute atomic E-state index is 0.122. The van der Waals surface area contributed by atoms with Crippen molar-refractivity contribution in [1.82, 2.24) is 9.88 Å². The number of anilines is 1. The number of benzene rings is 1. The Morgan fingerprint density at radius 1 is 1.32 bits per heavy atom. The normalized spacial score (nSPS) is 15.5. The average Bonchev–Trinajstić information content (AvgIpc) is 3.03. The van der Waals surface area contributed by atoms with Gasteiger partial charge in [-0.25, -0.2) is 4.98 Å². The first kappa shape index (κ1) is 22.5. The number of halogens is 3. The predicted molar refractivity (Wildman–Crippen MR) is 106 cm³/mol. The van der Waals surface area contributed by atoms with Crippen molar-refractivity contribution in [3.8, 4) is 5.75 Å². The van der Waals surface area contributed by atoms with Crippen LogP contribution in [0.1, 0.15) is 46.9 Å². The second kappa shape index (κ2) is 8.54. The standard InChI is InChI=1S/C21H22F3N3O4/c1-11-8-14(4-5-17(11)31-10-21(22,23)24)12(2)27-9-16-15(20(27)30)6-7-25-18(16)26-19(29)13(3)28/h4-8,12-13,28H,9-10H2,1-3H3,(H,25,26,29)/t12?,13-/m0/s1. The number of hydrogen-bond donors (Lipinski definition) is 2. The van der Waals surface area contributed by atoms with Crippen LogP contribution >= 0.6 is 0 Å². The number of amides is 2. The largest absolute Gasteiger partial charge is 0.484 e. The summed E-state index contributed by atoms with van der Waals surface area (Å²) in [6, 6.07) is 5.92. The molecule has 2 N–H and O–H groups in total. The van der Waals surface area contributed by atoms with Crippen molar-refractivity contribution in [2.75, 3.05) is 11.9 Å². The Bertz CT molecular complexity index is 1010. The molecule has 2 heterocycles. The van der Waals surface area contributed by atoms with E-state index in [-0.39, 0.29) is 24.0 Å². The molecule has 0 aliphatic carbocycles. The van der Waals surface area contributed by atoms with Crippen LogP contribution in [0.3, 0.4) is 0 Å². The lowest BCUT2D eigenvalue weighted by Gasteiger charge is -2.25. The van der Waals surface area contributed by atoms with Crippen molar-refractivity contribution in [2.24, 2.45) is 0 Å². The average molecular weight is 437 g/mol. The molecule has 31 heavy (non-hydrogen) atoms. The van der Waals surface area contributed by atoms with E-state index in [2.05, 4.69) is 10.3 Å². The number of rotatable bonds is 6. The van der Waals surface area contributed by atoms with Crippen LogP contribution in [0.4, 0.5) is 19.0 Å². The lowest BCUT2D eigenvalue weighted by molar-refractivity contribution is -0.153. The van der Waals surface area contributed by atoms with Crippen LogP contribution in [0.5, 0.6) is 5.75 Å². The minimum atomic E-state index is -4.43. The number of carbonyl (C=O) groups is 2. The van der Waals surface area contributed by atoms with Crippen molar-refractivity contribution in [1.29, 1.82) is 0 Å². The van der Waals surface area contributed by atoms with Crippen molar-refractivity contribution in [3.63, 3.8) is 0 Å². The molecule has 0 bridgehead atoms. The van der Waals surface area contributed by atoms with Gasteiger partial charge in [-0.05, 0) is 44.0 Å². The number of nitrogens with one attached hydrogen (secondary N) is 1. The molecule has 2 amide bonds. The zero-order valence-corrected chi connectivity index (χ0v) is 17.2. The lowest BCUT2D eigenvalue weighted by atomic mass is 10.0. The number of fused-ring (bicyclic) bond motifs is 1. The number of alkyl halides is 3. The van der Waals surface area contributed by atoms with Gasteiger partial charge in [-0.1, -0.05) is 12.1 Å². The van der Waals surface area contributed by atoms with Crippen molar-refractivity contribution in [2.45, 2.75) is 45.6 Å². The fourth-order valence-electron chi connectivity index (χ4n) is 3.33. The Morgan fingerprint density at radius 3 is 2.65 bits per heavy atom. The third-order valence-electron chi connectivity index (χ3n) is 5.04. The molecule has 1 aliphatic rings. The van der Waals surface area contributed by atoms with Crippen LogP contribution < -0.4 is 10.1 Å². The van der Waals surface area contributed by atoms with Crippen LogP contribution in [-0.4, -0.2) is 45.7 Å². The van der Waals surface area contributed by atoms with E-state index in [1.54, 1.807) is 36.9 Å². The Kier molecular flexibility index (Phi) is 6.21. The first-order chi connectivity index (χ1) is 14.5. The molecule has 0 radical (unpaired) electrons. The summed E-state index contributed by atoms with van der Waals surface area (Å²) in [6.07, 6.45) is -4.26. The van der Waals surface area contributed by atoms with Gasteiger partial charge in [-0.15, -0.1) is 0 Å². The molecule has 0 saturated heterocycles. The molecular formula is C21H22F3N3O4. The molecule has 10 heteroatoms. The number of aliphatic hydroxyl groups excluding tert-OH is 1. The van der Waals surface area contributed by atoms with Crippen LogP contribution in [0.2, 0.25) is 0 Å². The van der Waals surface area contributed by atoms with Gasteiger partial charge < -0.3 is 20.1 Å². The quantitative estimate of drug-likeness (QED) is 0.723. The number of aryl methyl sites for hydroxylation is 1. The first-order valence-corrected chi connectivity index (χ1v) is 9.56. The van der Waals surface area contributed by atoms with Crippen molar-refractivity contribution < 1.29 is 32.6 Å². The highest BCUT2D eigenvalue weighted by Crippen LogP contribution is 2.35. The SMILES string of the molecule is Cc1cc(C(C)N2Cc3c(ccnc3NC(=O)[C@H](C)O)C2=O)ccc1OCC(F)(F)F. The topological polar surface area (TPSA) is 91.8 Å². The minimum Gasteiger partial charge on any atom is -0.484 e. The third kappa shape index (κ3) is 4.96. The fraction of sp³-hybridized carbons (Fsp3) is 0.381. The number of aliphatic hydroxyl groups is 1. The molecule has 1 aromatic heterocycles. The van der Waals surface area contributed by atoms with Gasteiger partial charge in [0.1, 0.15) is 17.7 Å². The monoisotopic (exact) mass is 437 g/mol. The highest BCUT2D eigenvalue weighted by molar-refractivity contribution is 6.02. The molecule has 0 saturated carbocycles. The first-order valence-electron chi connectivity index (χ1n) is 9.56. The highest BCUT2D eigenvalue weighted by Gasteiger charge is 2.34. The van der Waals surface area contributed by atoms with Gasteiger partial charge in [0, 0.05) is 17.3 Å². The summed E-state index contributed by atoms with van der Waals surface area (Å²) < 4.78 is 42.0. The van der Waals surface area contributed by atoms with E-state index in [0.717, 1.165) is 5.56 Å². The van der Waals surface area contributed by atoms with E-state index in [9.17, 15) is 27.9 Å². The molecule has 2 atom stereocenters. The number of nitrogens with zero attached hydrogens (tertiary/aromatic N) is 2. The number of pyridine rings is 1. The maximum atomic E-state index is 12.9. The molecular weight excluding hydrogens is 415 g/mol. The van der Waals surface area contributed by atoms with E-state index in [1.807, 2.05) is 0 Å². The van der Waals surface area contributed by atoms with Gasteiger partial charge >= 0.3 is 6.18 Å². The van der Waals surface area contributed by atoms with E-state index in [0.29, 0.717) is 16.7 Å². The lowest BCUT2D eigenvalue weighted by Crippen LogP contribution is -2.27. The highest BCUT2D eigenvalue weighted by atomic mass is 19.4. The number of ether oxygens (including phenoxy) is 1. The second-order valence-electron chi connectivity index (χ2n) is 7.39. The summed E-state index contributed by atoms with van der Waals surface area (Å²) in [5.74, 6) is -0.562. The molecule has 166 valence electrons. The van der Waals surface area contributed by atoms with Crippen molar-refractivity contribution >= 4 is 17.6 Å². The zero-order chi connectivity index (χ0) is 22.9. The molecule has 2 aromatic rings. The maximum absolute atomic E-state index is 12.9. The summed E-state index contributed by atoms with van der Waals surface area (Å²) in [7, 11) is 0. The van der Waals surface area contributed by atoms with Crippen LogP contribution in [-0.2, 0) is 11.3 Å². The molecule has 3 rings (SSSR count). The van der Waals surface area contributed by atoms with Crippen molar-refractivity contribution in [3.05, 3.63) is 52.7 Å². The molecule has 7 nitrogen and oxygen atoms in total. The third-order valence-corrected chi connectivity index (χ3v) is 5.04. The summed E-state index contributed by atoms with van der Waals surface area (Å²) in [4.78, 5) is 30.5. The van der Waals surface area contributed by atoms with Crippen LogP contribution in [0, 0.1) is 6.92 Å². The smallest absolute Gasteiger partial charge is 0.422 e. The number of hydrogen-bond acceptors (Lipinski definition) is 5. The summed E-state index contributed by atoms with van der Waals surface area (Å²) in [5, 5.41) is 11.9. The molecule has 1 aromatic carbocycles. The van der Waals surface area contributed by atoms with Crippen LogP contribution in [0.25, 0.3) is 0 Å². The summed E-state index contributed by atoms with van der Waals surface area (Å²) in [6.45, 7) is 3.56. The fourth-order valence-corrected chi connectivity index (χ4v) is 3.33. The Labute approximate surface area is 176 Å². The Hall–Kier alpha value is -3.14. The molecule has 0 spiro atoms. The summed E-state index contributed by atoms with van der Waals surface area (Å²) in [5.41, 5.74) is 2.17. The second-order valence-corrected chi connectivity index (χ2v) is 7.39. The Morgan fingerprint density at radius 2 is 2.03 bits per heavy atom. The number of carbonyl (C=O) groups excluding carboxylic acids is 2. The van der Waals surface area contributed by atoms with E-state index >= 15 is 0 Å². The Balaban J connectivity index is 1.80. The zero-order valence-electron chi connectivity index (χ0n) is 17.2. The molecule has 1 aliphatic heterocycles. The molecule has 1 unspecified atom stereocenters. The number of aromatic nitrogens is 1. The van der Waals surface area contributed by atoms with E-state index < -0.39 is 30.8 Å². The van der Waals surface area contributed by atoms with Gasteiger partial charge in [-0.3, -0.25) is 9.59 Å². The van der Waals surface area contributed by atoms with Gasteiger partial charge in [0.25, 0.3) is 11.8 Å². The van der Waals surface area contributed by atoms with Gasteiger partial charge in [0.05, 0.1) is 12.6 Å². The predicted octanol–water partition coefficient (Wildman–Crippen LogP) is 3.37. The van der Waals surface area contributed by atoms with E-state index in [4.69, 9.17) is 4.74 Å². The molecule has 0 fully saturated rings. The maximum Gasteiger partial charge on any atom is 0.422 e. The summed E-state index contributed by atoms with van der Waals surface area (Å²) >= 11 is 0. The van der Waals surface area contributed by atoms with Gasteiger partial charge in [0.2, 0.25) is 0 Å². The van der Waals surface area contributed by atoms with Crippen LogP contribution in [0.15, 0.2) is 30.5 Å². The van der Waals surface area contributed by atoms with Gasteiger partial charge in [-0.2, -0.15) is 13.2 Å². The van der Waals surface area contributed by atoms with Gasteiger partial charge in [0.15, 0.2) is 6.61 Å². The van der Waals surface area contributed by atoms with E-state index in [1.165, 1.54) is 19.2 Å².